The monoisotopic (exact) mass is 251 g/mol. The van der Waals surface area contributed by atoms with Gasteiger partial charge in [-0.1, -0.05) is 25.5 Å². The summed E-state index contributed by atoms with van der Waals surface area (Å²) < 4.78 is 5.13. The quantitative estimate of drug-likeness (QED) is 0.661. The molecular weight excluding hydrogens is 226 g/mol. The van der Waals surface area contributed by atoms with Gasteiger partial charge in [0.05, 0.1) is 7.11 Å². The average molecular weight is 251 g/mol. The second-order valence-corrected chi connectivity index (χ2v) is 4.59. The van der Waals surface area contributed by atoms with E-state index in [0.29, 0.717) is 12.5 Å². The molecule has 1 aromatic rings. The van der Waals surface area contributed by atoms with Crippen LogP contribution in [-0.4, -0.2) is 31.9 Å². The SMILES string of the molecule is CCC(CCO)CNCCc1ccc(OC)cc1. The fraction of sp³-hybridized carbons (Fsp3) is 0.600. The zero-order valence-corrected chi connectivity index (χ0v) is 11.5. The van der Waals surface area contributed by atoms with Gasteiger partial charge in [0, 0.05) is 6.61 Å². The van der Waals surface area contributed by atoms with Gasteiger partial charge in [0.1, 0.15) is 5.75 Å². The van der Waals surface area contributed by atoms with Crippen molar-refractivity contribution in [3.63, 3.8) is 0 Å². The standard InChI is InChI=1S/C15H25NO2/c1-3-13(9-11-17)12-16-10-8-14-4-6-15(18-2)7-5-14/h4-7,13,16-17H,3,8-12H2,1-2H3. The first-order valence-electron chi connectivity index (χ1n) is 6.74. The van der Waals surface area contributed by atoms with Crippen molar-refractivity contribution in [2.24, 2.45) is 5.92 Å². The molecule has 1 unspecified atom stereocenters. The van der Waals surface area contributed by atoms with Gasteiger partial charge in [-0.15, -0.1) is 0 Å². The molecule has 0 aliphatic rings. The smallest absolute Gasteiger partial charge is 0.118 e. The maximum Gasteiger partial charge on any atom is 0.118 e. The van der Waals surface area contributed by atoms with Crippen molar-refractivity contribution in [1.29, 1.82) is 0 Å². The fourth-order valence-corrected chi connectivity index (χ4v) is 1.96. The van der Waals surface area contributed by atoms with Crippen molar-refractivity contribution >= 4 is 0 Å². The summed E-state index contributed by atoms with van der Waals surface area (Å²) in [5, 5.41) is 12.4. The Labute approximate surface area is 110 Å². The van der Waals surface area contributed by atoms with Crippen LogP contribution in [0.1, 0.15) is 25.3 Å². The molecule has 102 valence electrons. The molecule has 2 N–H and O–H groups in total. The molecule has 1 aromatic carbocycles. The van der Waals surface area contributed by atoms with Crippen LogP contribution < -0.4 is 10.1 Å². The van der Waals surface area contributed by atoms with Crippen molar-refractivity contribution in [1.82, 2.24) is 5.32 Å². The zero-order valence-electron chi connectivity index (χ0n) is 11.5. The number of hydrogen-bond acceptors (Lipinski definition) is 3. The van der Waals surface area contributed by atoms with Gasteiger partial charge in [0.25, 0.3) is 0 Å². The Morgan fingerprint density at radius 3 is 2.56 bits per heavy atom. The lowest BCUT2D eigenvalue weighted by Gasteiger charge is -2.14. The summed E-state index contributed by atoms with van der Waals surface area (Å²) >= 11 is 0. The largest absolute Gasteiger partial charge is 0.497 e. The topological polar surface area (TPSA) is 41.5 Å². The third kappa shape index (κ3) is 5.52. The van der Waals surface area contributed by atoms with Gasteiger partial charge in [-0.05, 0) is 49.5 Å². The van der Waals surface area contributed by atoms with E-state index in [1.807, 2.05) is 12.1 Å². The fourth-order valence-electron chi connectivity index (χ4n) is 1.96. The maximum absolute atomic E-state index is 8.91. The van der Waals surface area contributed by atoms with Crippen LogP contribution in [0.5, 0.6) is 5.75 Å². The molecule has 0 aromatic heterocycles. The van der Waals surface area contributed by atoms with Gasteiger partial charge >= 0.3 is 0 Å². The molecule has 18 heavy (non-hydrogen) atoms. The molecular formula is C15H25NO2. The number of aliphatic hydroxyl groups excluding tert-OH is 1. The van der Waals surface area contributed by atoms with Gasteiger partial charge in [0.2, 0.25) is 0 Å². The number of aliphatic hydroxyl groups is 1. The van der Waals surface area contributed by atoms with Crippen LogP contribution in [0, 0.1) is 5.92 Å². The highest BCUT2D eigenvalue weighted by Crippen LogP contribution is 2.11. The molecule has 0 radical (unpaired) electrons. The Hall–Kier alpha value is -1.06. The molecule has 1 atom stereocenters. The highest BCUT2D eigenvalue weighted by Gasteiger charge is 2.04. The molecule has 0 aliphatic heterocycles. The third-order valence-electron chi connectivity index (χ3n) is 3.30. The van der Waals surface area contributed by atoms with Crippen molar-refractivity contribution in [2.45, 2.75) is 26.2 Å². The zero-order chi connectivity index (χ0) is 13.2. The van der Waals surface area contributed by atoms with Crippen LogP contribution in [0.2, 0.25) is 0 Å². The van der Waals surface area contributed by atoms with E-state index in [-0.39, 0.29) is 0 Å². The van der Waals surface area contributed by atoms with E-state index in [2.05, 4.69) is 24.4 Å². The van der Waals surface area contributed by atoms with Crippen molar-refractivity contribution in [3.8, 4) is 5.75 Å². The Balaban J connectivity index is 2.20. The molecule has 0 aliphatic carbocycles. The van der Waals surface area contributed by atoms with E-state index in [0.717, 1.165) is 38.1 Å². The number of ether oxygens (including phenoxy) is 1. The van der Waals surface area contributed by atoms with E-state index in [4.69, 9.17) is 9.84 Å². The maximum atomic E-state index is 8.91. The average Bonchev–Trinajstić information content (AvgIpc) is 2.43. The first-order chi connectivity index (χ1) is 8.80. The minimum Gasteiger partial charge on any atom is -0.497 e. The summed E-state index contributed by atoms with van der Waals surface area (Å²) in [5.41, 5.74) is 1.32. The van der Waals surface area contributed by atoms with Gasteiger partial charge in [-0.2, -0.15) is 0 Å². The van der Waals surface area contributed by atoms with Crippen LogP contribution in [0.15, 0.2) is 24.3 Å². The summed E-state index contributed by atoms with van der Waals surface area (Å²) in [6, 6.07) is 8.20. The van der Waals surface area contributed by atoms with Crippen LogP contribution in [-0.2, 0) is 6.42 Å². The lowest BCUT2D eigenvalue weighted by Crippen LogP contribution is -2.25. The molecule has 0 bridgehead atoms. The predicted octanol–water partition coefficient (Wildman–Crippen LogP) is 2.24. The number of methoxy groups -OCH3 is 1. The molecule has 0 heterocycles. The van der Waals surface area contributed by atoms with Gasteiger partial charge in [-0.25, -0.2) is 0 Å². The van der Waals surface area contributed by atoms with E-state index in [9.17, 15) is 0 Å². The number of nitrogens with one attached hydrogen (secondary N) is 1. The Morgan fingerprint density at radius 1 is 1.28 bits per heavy atom. The minimum absolute atomic E-state index is 0.290. The van der Waals surface area contributed by atoms with Crippen LogP contribution in [0.4, 0.5) is 0 Å². The second kappa shape index (κ2) is 8.95. The summed E-state index contributed by atoms with van der Waals surface area (Å²) in [5.74, 6) is 1.49. The minimum atomic E-state index is 0.290. The molecule has 0 fully saturated rings. The Morgan fingerprint density at radius 2 is 2.00 bits per heavy atom. The Bertz CT molecular complexity index is 311. The molecule has 0 amide bonds. The summed E-state index contributed by atoms with van der Waals surface area (Å²) in [6.07, 6.45) is 3.04. The van der Waals surface area contributed by atoms with E-state index < -0.39 is 0 Å². The molecule has 1 rings (SSSR count). The van der Waals surface area contributed by atoms with Gasteiger partial charge < -0.3 is 15.2 Å². The highest BCUT2D eigenvalue weighted by atomic mass is 16.5. The highest BCUT2D eigenvalue weighted by molar-refractivity contribution is 5.27. The van der Waals surface area contributed by atoms with E-state index in [1.54, 1.807) is 7.11 Å². The number of rotatable bonds is 9. The normalized spacial score (nSPS) is 12.4. The van der Waals surface area contributed by atoms with Gasteiger partial charge in [-0.3, -0.25) is 0 Å². The summed E-state index contributed by atoms with van der Waals surface area (Å²) in [7, 11) is 1.68. The van der Waals surface area contributed by atoms with E-state index in [1.165, 1.54) is 5.56 Å². The van der Waals surface area contributed by atoms with Crippen LogP contribution in [0.3, 0.4) is 0 Å². The van der Waals surface area contributed by atoms with Crippen molar-refractivity contribution in [3.05, 3.63) is 29.8 Å². The van der Waals surface area contributed by atoms with Crippen molar-refractivity contribution < 1.29 is 9.84 Å². The molecule has 3 nitrogen and oxygen atoms in total. The lowest BCUT2D eigenvalue weighted by molar-refractivity contribution is 0.251. The molecule has 0 saturated heterocycles. The van der Waals surface area contributed by atoms with Crippen LogP contribution >= 0.6 is 0 Å². The van der Waals surface area contributed by atoms with E-state index >= 15 is 0 Å². The molecule has 3 heteroatoms. The summed E-state index contributed by atoms with van der Waals surface area (Å²) in [4.78, 5) is 0. The van der Waals surface area contributed by atoms with Gasteiger partial charge in [0.15, 0.2) is 0 Å². The third-order valence-corrected chi connectivity index (χ3v) is 3.30. The first kappa shape index (κ1) is 15.0. The Kier molecular flexibility index (Phi) is 7.46. The first-order valence-corrected chi connectivity index (χ1v) is 6.74. The second-order valence-electron chi connectivity index (χ2n) is 4.59. The van der Waals surface area contributed by atoms with Crippen LogP contribution in [0.25, 0.3) is 0 Å². The number of hydrogen-bond donors (Lipinski definition) is 2. The molecule has 0 saturated carbocycles. The molecule has 0 spiro atoms. The lowest BCUT2D eigenvalue weighted by atomic mass is 10.0. The number of benzene rings is 1. The van der Waals surface area contributed by atoms with Crippen molar-refractivity contribution in [2.75, 3.05) is 26.8 Å². The predicted molar refractivity (Wildman–Crippen MR) is 75.1 cm³/mol. The summed E-state index contributed by atoms with van der Waals surface area (Å²) in [6.45, 7) is 4.44.